The van der Waals surface area contributed by atoms with Gasteiger partial charge in [0.2, 0.25) is 0 Å². The van der Waals surface area contributed by atoms with Gasteiger partial charge in [-0.2, -0.15) is 0 Å². The van der Waals surface area contributed by atoms with Crippen molar-refractivity contribution in [2.24, 2.45) is 17.3 Å². The van der Waals surface area contributed by atoms with Crippen molar-refractivity contribution in [3.05, 3.63) is 12.2 Å². The molecule has 2 bridgehead atoms. The summed E-state index contributed by atoms with van der Waals surface area (Å²) in [5.74, 6) is 2.06. The van der Waals surface area contributed by atoms with Gasteiger partial charge >= 0.3 is 0 Å². The van der Waals surface area contributed by atoms with Gasteiger partial charge in [0.15, 0.2) is 0 Å². The minimum absolute atomic E-state index is 0.652. The van der Waals surface area contributed by atoms with Crippen molar-refractivity contribution in [1.82, 2.24) is 0 Å². The van der Waals surface area contributed by atoms with E-state index in [1.54, 1.807) is 0 Å². The zero-order valence-electron chi connectivity index (χ0n) is 7.64. The molecule has 0 radical (unpaired) electrons. The lowest BCUT2D eigenvalue weighted by atomic mass is 9.80. The van der Waals surface area contributed by atoms with E-state index in [0.29, 0.717) is 5.41 Å². The molecule has 2 rings (SSSR count). The van der Waals surface area contributed by atoms with E-state index in [4.69, 9.17) is 0 Å². The molecule has 2 aliphatic rings. The Bertz CT molecular complexity index is 176. The fourth-order valence-corrected chi connectivity index (χ4v) is 3.25. The highest BCUT2D eigenvalue weighted by atomic mass is 14.5. The van der Waals surface area contributed by atoms with Crippen molar-refractivity contribution >= 4 is 0 Å². The lowest BCUT2D eigenvalue weighted by Crippen LogP contribution is -2.13. The Morgan fingerprint density at radius 1 is 1.36 bits per heavy atom. The molecule has 0 spiro atoms. The maximum absolute atomic E-state index is 2.47. The maximum Gasteiger partial charge on any atom is -0.0113 e. The minimum Gasteiger partial charge on any atom is -0.0911 e. The average molecular weight is 150 g/mol. The van der Waals surface area contributed by atoms with Crippen LogP contribution in [0.5, 0.6) is 0 Å². The summed E-state index contributed by atoms with van der Waals surface area (Å²) in [4.78, 5) is 0. The van der Waals surface area contributed by atoms with Crippen molar-refractivity contribution in [3.63, 3.8) is 0 Å². The second-order valence-corrected chi connectivity index (χ2v) is 4.55. The Hall–Kier alpha value is -0.260. The average Bonchev–Trinajstić information content (AvgIpc) is 2.44. The summed E-state index contributed by atoms with van der Waals surface area (Å²) in [5.41, 5.74) is 0.652. The molecule has 2 saturated carbocycles. The number of allylic oxidation sites excluding steroid dienone is 2. The molecule has 0 saturated heterocycles. The quantitative estimate of drug-likeness (QED) is 0.503. The van der Waals surface area contributed by atoms with Crippen LogP contribution in [0.1, 0.15) is 39.5 Å². The van der Waals surface area contributed by atoms with E-state index in [2.05, 4.69) is 26.0 Å². The summed E-state index contributed by atoms with van der Waals surface area (Å²) in [6, 6.07) is 0. The van der Waals surface area contributed by atoms with E-state index in [1.165, 1.54) is 25.7 Å². The number of hydrogen-bond donors (Lipinski definition) is 0. The molecule has 0 aromatic rings. The second kappa shape index (κ2) is 2.36. The van der Waals surface area contributed by atoms with Crippen LogP contribution < -0.4 is 0 Å². The molecule has 0 heteroatoms. The van der Waals surface area contributed by atoms with Gasteiger partial charge in [-0.3, -0.25) is 0 Å². The molecular weight excluding hydrogens is 132 g/mol. The topological polar surface area (TPSA) is 0 Å². The van der Waals surface area contributed by atoms with Crippen LogP contribution >= 0.6 is 0 Å². The fourth-order valence-electron chi connectivity index (χ4n) is 3.25. The van der Waals surface area contributed by atoms with Crippen molar-refractivity contribution in [2.45, 2.75) is 39.5 Å². The minimum atomic E-state index is 0.652. The van der Waals surface area contributed by atoms with E-state index in [1.807, 2.05) is 0 Å². The molecular formula is C11H18. The van der Waals surface area contributed by atoms with Crippen LogP contribution in [0.15, 0.2) is 12.2 Å². The summed E-state index contributed by atoms with van der Waals surface area (Å²) in [7, 11) is 0. The molecule has 0 amide bonds. The molecule has 3 unspecified atom stereocenters. The molecule has 0 aromatic heterocycles. The molecule has 2 aliphatic carbocycles. The third kappa shape index (κ3) is 1.04. The molecule has 0 aliphatic heterocycles. The third-order valence-electron chi connectivity index (χ3n) is 3.74. The predicted molar refractivity (Wildman–Crippen MR) is 48.4 cm³/mol. The molecule has 0 heterocycles. The van der Waals surface area contributed by atoms with Gasteiger partial charge in [0.25, 0.3) is 0 Å². The van der Waals surface area contributed by atoms with E-state index in [-0.39, 0.29) is 0 Å². The Morgan fingerprint density at radius 2 is 2.18 bits per heavy atom. The largest absolute Gasteiger partial charge is 0.0911 e. The van der Waals surface area contributed by atoms with Gasteiger partial charge in [-0.25, -0.2) is 0 Å². The van der Waals surface area contributed by atoms with Gasteiger partial charge < -0.3 is 0 Å². The van der Waals surface area contributed by atoms with Crippen LogP contribution in [0.4, 0.5) is 0 Å². The van der Waals surface area contributed by atoms with Gasteiger partial charge in [0.05, 0.1) is 0 Å². The zero-order chi connectivity index (χ0) is 7.90. The van der Waals surface area contributed by atoms with Crippen LogP contribution in [0.25, 0.3) is 0 Å². The SMILES string of the molecule is CC=CC12CCC(C1)C(C)C2. The lowest BCUT2D eigenvalue weighted by Gasteiger charge is -2.24. The standard InChI is InChI=1S/C11H18/c1-3-5-11-6-4-10(8-11)9(2)7-11/h3,5,9-10H,4,6-8H2,1-2H3. The van der Waals surface area contributed by atoms with Crippen LogP contribution in [-0.2, 0) is 0 Å². The summed E-state index contributed by atoms with van der Waals surface area (Å²) >= 11 is 0. The van der Waals surface area contributed by atoms with Crippen molar-refractivity contribution in [2.75, 3.05) is 0 Å². The maximum atomic E-state index is 2.47. The van der Waals surface area contributed by atoms with Crippen molar-refractivity contribution < 1.29 is 0 Å². The van der Waals surface area contributed by atoms with Crippen LogP contribution in [-0.4, -0.2) is 0 Å². The normalized spacial score (nSPS) is 49.3. The lowest BCUT2D eigenvalue weighted by molar-refractivity contribution is 0.313. The Balaban J connectivity index is 2.17. The third-order valence-corrected chi connectivity index (χ3v) is 3.74. The highest BCUT2D eigenvalue weighted by molar-refractivity contribution is 5.09. The van der Waals surface area contributed by atoms with E-state index in [0.717, 1.165) is 11.8 Å². The molecule has 0 N–H and O–H groups in total. The molecule has 0 aromatic carbocycles. The zero-order valence-corrected chi connectivity index (χ0v) is 7.64. The number of fused-ring (bicyclic) bond motifs is 2. The summed E-state index contributed by atoms with van der Waals surface area (Å²) < 4.78 is 0. The highest BCUT2D eigenvalue weighted by Crippen LogP contribution is 2.57. The van der Waals surface area contributed by atoms with E-state index < -0.39 is 0 Å². The van der Waals surface area contributed by atoms with Gasteiger partial charge in [-0.1, -0.05) is 19.1 Å². The first-order valence-electron chi connectivity index (χ1n) is 4.90. The number of rotatable bonds is 1. The van der Waals surface area contributed by atoms with Gasteiger partial charge in [0, 0.05) is 0 Å². The second-order valence-electron chi connectivity index (χ2n) is 4.55. The number of hydrogen-bond acceptors (Lipinski definition) is 0. The van der Waals surface area contributed by atoms with Crippen molar-refractivity contribution in [1.29, 1.82) is 0 Å². The van der Waals surface area contributed by atoms with Gasteiger partial charge in [-0.05, 0) is 49.9 Å². The fraction of sp³-hybridized carbons (Fsp3) is 0.818. The Kier molecular flexibility index (Phi) is 1.59. The predicted octanol–water partition coefficient (Wildman–Crippen LogP) is 3.39. The first-order chi connectivity index (χ1) is 5.26. The van der Waals surface area contributed by atoms with E-state index in [9.17, 15) is 0 Å². The summed E-state index contributed by atoms with van der Waals surface area (Å²) in [6.45, 7) is 4.58. The first kappa shape index (κ1) is 7.39. The van der Waals surface area contributed by atoms with Crippen LogP contribution in [0.3, 0.4) is 0 Å². The summed E-state index contributed by atoms with van der Waals surface area (Å²) in [6.07, 6.45) is 10.6. The highest BCUT2D eigenvalue weighted by Gasteiger charge is 2.46. The van der Waals surface area contributed by atoms with Crippen LogP contribution in [0, 0.1) is 17.3 Å². The monoisotopic (exact) mass is 150 g/mol. The molecule has 3 atom stereocenters. The van der Waals surface area contributed by atoms with Gasteiger partial charge in [0.1, 0.15) is 0 Å². The summed E-state index contributed by atoms with van der Waals surface area (Å²) in [5, 5.41) is 0. The first-order valence-corrected chi connectivity index (χ1v) is 4.90. The Labute approximate surface area is 69.7 Å². The molecule has 2 fully saturated rings. The van der Waals surface area contributed by atoms with Crippen molar-refractivity contribution in [3.8, 4) is 0 Å². The molecule has 0 nitrogen and oxygen atoms in total. The van der Waals surface area contributed by atoms with E-state index >= 15 is 0 Å². The molecule has 11 heavy (non-hydrogen) atoms. The van der Waals surface area contributed by atoms with Gasteiger partial charge in [-0.15, -0.1) is 0 Å². The molecule has 62 valence electrons. The van der Waals surface area contributed by atoms with Crippen LogP contribution in [0.2, 0.25) is 0 Å². The Morgan fingerprint density at radius 3 is 2.64 bits per heavy atom. The smallest absolute Gasteiger partial charge is 0.0113 e.